The number of guanidine groups is 1. The van der Waals surface area contributed by atoms with E-state index in [4.69, 9.17) is 4.42 Å². The average Bonchev–Trinajstić information content (AvgIpc) is 3.34. The van der Waals surface area contributed by atoms with Crippen LogP contribution in [0.1, 0.15) is 31.6 Å². The first-order chi connectivity index (χ1) is 13.1. The number of nitrogens with one attached hydrogen (secondary N) is 3. The predicted molar refractivity (Wildman–Crippen MR) is 109 cm³/mol. The highest BCUT2D eigenvalue weighted by molar-refractivity contribution is 5.83. The molecule has 0 aliphatic rings. The molecule has 0 aliphatic carbocycles. The van der Waals surface area contributed by atoms with Crippen LogP contribution in [-0.4, -0.2) is 35.7 Å². The second kappa shape index (κ2) is 8.77. The normalized spacial score (nSPS) is 14.3. The summed E-state index contributed by atoms with van der Waals surface area (Å²) in [7, 11) is 0. The summed E-state index contributed by atoms with van der Waals surface area (Å²) in [6.07, 6.45) is 5.62. The number of hydrogen-bond donors (Lipinski definition) is 4. The molecule has 3 rings (SSSR count). The monoisotopic (exact) mass is 368 g/mol. The summed E-state index contributed by atoms with van der Waals surface area (Å²) in [6, 6.07) is 11.9. The number of rotatable bonds is 8. The van der Waals surface area contributed by atoms with Gasteiger partial charge in [0, 0.05) is 30.2 Å². The number of furan rings is 1. The largest absolute Gasteiger partial charge is 0.466 e. The molecule has 0 spiro atoms. The third-order valence-electron chi connectivity index (χ3n) is 4.53. The molecule has 27 heavy (non-hydrogen) atoms. The Morgan fingerprint density at radius 1 is 1.22 bits per heavy atom. The maximum atomic E-state index is 10.5. The van der Waals surface area contributed by atoms with Crippen molar-refractivity contribution in [1.29, 1.82) is 0 Å². The fraction of sp³-hybridized carbons (Fsp3) is 0.381. The number of aliphatic hydroxyl groups is 1. The van der Waals surface area contributed by atoms with E-state index in [1.165, 1.54) is 16.5 Å². The van der Waals surface area contributed by atoms with E-state index >= 15 is 0 Å². The second-order valence-corrected chi connectivity index (χ2v) is 6.84. The zero-order valence-electron chi connectivity index (χ0n) is 16.0. The summed E-state index contributed by atoms with van der Waals surface area (Å²) in [6.45, 7) is 5.51. The number of fused-ring (bicyclic) bond motifs is 1. The molecule has 2 heterocycles. The Morgan fingerprint density at radius 3 is 2.85 bits per heavy atom. The molecule has 1 aromatic carbocycles. The van der Waals surface area contributed by atoms with E-state index in [9.17, 15) is 5.11 Å². The van der Waals surface area contributed by atoms with Crippen LogP contribution >= 0.6 is 0 Å². The van der Waals surface area contributed by atoms with Gasteiger partial charge in [-0.1, -0.05) is 18.2 Å². The molecule has 0 radical (unpaired) electrons. The maximum absolute atomic E-state index is 10.5. The van der Waals surface area contributed by atoms with Crippen molar-refractivity contribution in [2.24, 2.45) is 4.99 Å². The lowest BCUT2D eigenvalue weighted by Gasteiger charge is -2.19. The number of aliphatic imine (C=N–C) groups is 1. The first-order valence-electron chi connectivity index (χ1n) is 9.43. The lowest BCUT2D eigenvalue weighted by Crippen LogP contribution is -2.39. The van der Waals surface area contributed by atoms with Gasteiger partial charge >= 0.3 is 0 Å². The van der Waals surface area contributed by atoms with E-state index in [1.54, 1.807) is 25.3 Å². The van der Waals surface area contributed by atoms with Crippen molar-refractivity contribution in [3.63, 3.8) is 0 Å². The van der Waals surface area contributed by atoms with E-state index < -0.39 is 5.60 Å². The second-order valence-electron chi connectivity index (χ2n) is 6.84. The van der Waals surface area contributed by atoms with Gasteiger partial charge in [0.2, 0.25) is 0 Å². The van der Waals surface area contributed by atoms with E-state index in [0.717, 1.165) is 25.9 Å². The molecule has 0 amide bonds. The van der Waals surface area contributed by atoms with Crippen LogP contribution in [0, 0.1) is 0 Å². The number of H-pyrrole nitrogens is 1. The molecule has 6 nitrogen and oxygen atoms in total. The minimum Gasteiger partial charge on any atom is -0.466 e. The zero-order valence-corrected chi connectivity index (χ0v) is 16.0. The van der Waals surface area contributed by atoms with Crippen LogP contribution in [0.5, 0.6) is 0 Å². The van der Waals surface area contributed by atoms with E-state index in [-0.39, 0.29) is 6.54 Å². The lowest BCUT2D eigenvalue weighted by molar-refractivity contribution is 0.0437. The van der Waals surface area contributed by atoms with Crippen molar-refractivity contribution in [1.82, 2.24) is 15.6 Å². The number of aromatic amines is 1. The van der Waals surface area contributed by atoms with Crippen molar-refractivity contribution in [2.75, 3.05) is 19.6 Å². The molecular weight excluding hydrogens is 340 g/mol. The third kappa shape index (κ3) is 4.92. The van der Waals surface area contributed by atoms with Crippen LogP contribution < -0.4 is 10.6 Å². The molecule has 0 saturated heterocycles. The number of aromatic nitrogens is 1. The predicted octanol–water partition coefficient (Wildman–Crippen LogP) is 3.16. The van der Waals surface area contributed by atoms with E-state index in [0.29, 0.717) is 11.7 Å². The minimum absolute atomic E-state index is 0.221. The molecular formula is C21H28N4O2. The van der Waals surface area contributed by atoms with Gasteiger partial charge in [-0.25, -0.2) is 4.99 Å². The quantitative estimate of drug-likeness (QED) is 0.279. The third-order valence-corrected chi connectivity index (χ3v) is 4.53. The summed E-state index contributed by atoms with van der Waals surface area (Å²) in [5, 5.41) is 18.4. The topological polar surface area (TPSA) is 85.6 Å². The Labute approximate surface area is 159 Å². The maximum Gasteiger partial charge on any atom is 0.191 e. The Hall–Kier alpha value is -2.73. The van der Waals surface area contributed by atoms with Gasteiger partial charge in [-0.3, -0.25) is 0 Å². The molecule has 3 aromatic rings. The van der Waals surface area contributed by atoms with Crippen LogP contribution in [0.2, 0.25) is 0 Å². The fourth-order valence-corrected chi connectivity index (χ4v) is 3.06. The molecule has 0 saturated carbocycles. The van der Waals surface area contributed by atoms with Gasteiger partial charge in [0.1, 0.15) is 11.4 Å². The highest BCUT2D eigenvalue weighted by Gasteiger charge is 2.26. The first-order valence-corrected chi connectivity index (χ1v) is 9.43. The fourth-order valence-electron chi connectivity index (χ4n) is 3.06. The van der Waals surface area contributed by atoms with Crippen molar-refractivity contribution in [3.8, 4) is 0 Å². The molecule has 2 aromatic heterocycles. The van der Waals surface area contributed by atoms with Crippen molar-refractivity contribution >= 4 is 16.9 Å². The van der Waals surface area contributed by atoms with Crippen LogP contribution in [0.3, 0.4) is 0 Å². The SMILES string of the molecule is CCNC(=NCC(C)(O)c1ccco1)NCCCc1c[nH]c2ccccc12. The van der Waals surface area contributed by atoms with E-state index in [1.807, 2.05) is 13.0 Å². The highest BCUT2D eigenvalue weighted by Crippen LogP contribution is 2.21. The summed E-state index contributed by atoms with van der Waals surface area (Å²) in [4.78, 5) is 7.82. The van der Waals surface area contributed by atoms with Gasteiger partial charge in [0.15, 0.2) is 5.96 Å². The molecule has 0 fully saturated rings. The van der Waals surface area contributed by atoms with Crippen LogP contribution in [0.25, 0.3) is 10.9 Å². The standard InChI is InChI=1S/C21H28N4O2/c1-3-22-20(25-15-21(2,26)19-11-7-13-27-19)23-12-6-8-16-14-24-18-10-5-4-9-17(16)18/h4-5,7,9-11,13-14,24,26H,3,6,8,12,15H2,1-2H3,(H2,22,23,25). The Morgan fingerprint density at radius 2 is 2.07 bits per heavy atom. The number of benzene rings is 1. The Kier molecular flexibility index (Phi) is 6.19. The minimum atomic E-state index is -1.13. The summed E-state index contributed by atoms with van der Waals surface area (Å²) < 4.78 is 5.30. The van der Waals surface area contributed by atoms with Crippen molar-refractivity contribution < 1.29 is 9.52 Å². The van der Waals surface area contributed by atoms with Gasteiger partial charge in [0.05, 0.1) is 12.8 Å². The van der Waals surface area contributed by atoms with Gasteiger partial charge in [0.25, 0.3) is 0 Å². The molecule has 1 atom stereocenters. The van der Waals surface area contributed by atoms with Crippen molar-refractivity contribution in [3.05, 3.63) is 60.2 Å². The van der Waals surface area contributed by atoms with Gasteiger partial charge < -0.3 is 25.1 Å². The highest BCUT2D eigenvalue weighted by atomic mass is 16.4. The number of aryl methyl sites for hydroxylation is 1. The molecule has 4 N–H and O–H groups in total. The van der Waals surface area contributed by atoms with Crippen LogP contribution in [0.4, 0.5) is 0 Å². The number of para-hydroxylation sites is 1. The smallest absolute Gasteiger partial charge is 0.191 e. The molecule has 0 bridgehead atoms. The number of hydrogen-bond acceptors (Lipinski definition) is 3. The summed E-state index contributed by atoms with van der Waals surface area (Å²) in [5.41, 5.74) is 1.38. The van der Waals surface area contributed by atoms with Crippen LogP contribution in [-0.2, 0) is 12.0 Å². The summed E-state index contributed by atoms with van der Waals surface area (Å²) >= 11 is 0. The molecule has 1 unspecified atom stereocenters. The average molecular weight is 368 g/mol. The Bertz CT molecular complexity index is 865. The van der Waals surface area contributed by atoms with Crippen molar-refractivity contribution in [2.45, 2.75) is 32.3 Å². The lowest BCUT2D eigenvalue weighted by atomic mass is 10.0. The number of nitrogens with zero attached hydrogens (tertiary/aromatic N) is 1. The van der Waals surface area contributed by atoms with Crippen LogP contribution in [0.15, 0.2) is 58.3 Å². The van der Waals surface area contributed by atoms with Gasteiger partial charge in [-0.05, 0) is 50.5 Å². The first kappa shape index (κ1) is 19.0. The van der Waals surface area contributed by atoms with Gasteiger partial charge in [-0.15, -0.1) is 0 Å². The summed E-state index contributed by atoms with van der Waals surface area (Å²) in [5.74, 6) is 1.21. The molecule has 144 valence electrons. The molecule has 6 heteroatoms. The van der Waals surface area contributed by atoms with Gasteiger partial charge in [-0.2, -0.15) is 0 Å². The molecule has 0 aliphatic heterocycles. The zero-order chi connectivity index (χ0) is 19.1. The Balaban J connectivity index is 1.52. The van der Waals surface area contributed by atoms with E-state index in [2.05, 4.69) is 45.0 Å².